The van der Waals surface area contributed by atoms with Gasteiger partial charge in [0.1, 0.15) is 30.5 Å². The van der Waals surface area contributed by atoms with E-state index in [9.17, 15) is 33.3 Å². The van der Waals surface area contributed by atoms with E-state index in [1.165, 1.54) is 18.4 Å². The topological polar surface area (TPSA) is 218 Å². The van der Waals surface area contributed by atoms with Crippen molar-refractivity contribution in [3.8, 4) is 5.75 Å². The number of phenols is 1. The number of hydrazine groups is 1. The molecule has 3 aromatic carbocycles. The van der Waals surface area contributed by atoms with Gasteiger partial charge in [-0.1, -0.05) is 72.8 Å². The molecule has 0 aliphatic heterocycles. The monoisotopic (exact) mass is 680 g/mol. The van der Waals surface area contributed by atoms with Crippen molar-refractivity contribution >= 4 is 40.5 Å². The maximum atomic E-state index is 13.5. The van der Waals surface area contributed by atoms with Gasteiger partial charge in [-0.25, -0.2) is 10.6 Å². The van der Waals surface area contributed by atoms with Crippen LogP contribution in [0.4, 0.5) is 4.79 Å². The minimum Gasteiger partial charge on any atom is -0.508 e. The number of benzene rings is 3. The second kappa shape index (κ2) is 19.4. The molecule has 0 spiro atoms. The molecule has 0 saturated carbocycles. The van der Waals surface area contributed by atoms with Crippen molar-refractivity contribution < 1.29 is 38.0 Å². The quantitative estimate of drug-likeness (QED) is 0.0592. The zero-order valence-corrected chi connectivity index (χ0v) is 27.2. The zero-order chi connectivity index (χ0) is 34.9. The molecule has 256 valence electrons. The third-order valence-corrected chi connectivity index (χ3v) is 7.83. The summed E-state index contributed by atoms with van der Waals surface area (Å²) in [6, 6.07) is 20.4. The summed E-state index contributed by atoms with van der Waals surface area (Å²) in [5.74, 6) is 2.54. The Morgan fingerprint density at radius 1 is 0.729 bits per heavy atom. The van der Waals surface area contributed by atoms with E-state index in [2.05, 4.69) is 21.3 Å². The lowest BCUT2D eigenvalue weighted by atomic mass is 10.0. The first-order valence-corrected chi connectivity index (χ1v) is 16.7. The smallest absolute Gasteiger partial charge is 0.408 e. The number of alkyl carbamates (subject to hydrolysis) is 1. The predicted molar refractivity (Wildman–Crippen MR) is 178 cm³/mol. The fourth-order valence-electron chi connectivity index (χ4n) is 4.50. The average Bonchev–Trinajstić information content (AvgIpc) is 3.08. The molecule has 0 aromatic heterocycles. The third-order valence-electron chi connectivity index (χ3n) is 7.02. The summed E-state index contributed by atoms with van der Waals surface area (Å²) in [5.41, 5.74) is 4.11. The van der Waals surface area contributed by atoms with Crippen LogP contribution in [-0.2, 0) is 54.2 Å². The fraction of sp³-hybridized carbons (Fsp3) is 0.303. The highest BCUT2D eigenvalue weighted by Gasteiger charge is 2.28. The third kappa shape index (κ3) is 13.2. The maximum absolute atomic E-state index is 13.5. The zero-order valence-electron chi connectivity index (χ0n) is 26.3. The number of aromatic hydroxyl groups is 1. The van der Waals surface area contributed by atoms with Crippen molar-refractivity contribution in [1.82, 2.24) is 26.7 Å². The summed E-state index contributed by atoms with van der Waals surface area (Å²) < 4.78 is 17.2. The standard InChI is InChI=1S/C33H40N6O8S/c1-48(46)17-16-26(30(42)35-20-29(41)36-28(32(44)39-34)18-22-8-4-2-5-9-22)37-31(43)27(19-23-12-14-25(40)15-13-23)38-33(45)47-21-24-10-6-3-7-11-24/h2-15,26-28,40H,16-21,34H2,1H3,(H,35,42)(H,36,41)(H,37,43)(H,38,45)(H,39,44)/t26-,27+,28+,48?/m1/s1. The van der Waals surface area contributed by atoms with Crippen LogP contribution in [0.15, 0.2) is 84.9 Å². The molecule has 1 unspecified atom stereocenters. The minimum absolute atomic E-state index is 0.0124. The van der Waals surface area contributed by atoms with Crippen LogP contribution in [0.25, 0.3) is 0 Å². The summed E-state index contributed by atoms with van der Waals surface area (Å²) in [6.07, 6.45) is 0.649. The number of amides is 5. The van der Waals surface area contributed by atoms with Gasteiger partial charge in [0.05, 0.1) is 6.54 Å². The molecule has 0 radical (unpaired) electrons. The van der Waals surface area contributed by atoms with Gasteiger partial charge >= 0.3 is 6.09 Å². The number of hydrogen-bond acceptors (Lipinski definition) is 9. The lowest BCUT2D eigenvalue weighted by molar-refractivity contribution is -0.132. The molecule has 14 nitrogen and oxygen atoms in total. The van der Waals surface area contributed by atoms with E-state index in [0.717, 1.165) is 11.1 Å². The van der Waals surface area contributed by atoms with E-state index >= 15 is 0 Å². The number of rotatable bonds is 17. The highest BCUT2D eigenvalue weighted by atomic mass is 32.2. The van der Waals surface area contributed by atoms with Gasteiger partial charge in [0.2, 0.25) is 17.7 Å². The number of hydrogen-bond donors (Lipinski definition) is 7. The van der Waals surface area contributed by atoms with Crippen LogP contribution in [-0.4, -0.2) is 75.7 Å². The van der Waals surface area contributed by atoms with Gasteiger partial charge in [0.15, 0.2) is 0 Å². The Hall–Kier alpha value is -5.28. The predicted octanol–water partition coefficient (Wildman–Crippen LogP) is 0.317. The molecule has 0 aliphatic rings. The molecule has 0 saturated heterocycles. The Morgan fingerprint density at radius 2 is 1.29 bits per heavy atom. The second-order valence-corrected chi connectivity index (χ2v) is 12.3. The summed E-state index contributed by atoms with van der Waals surface area (Å²) in [6.45, 7) is -0.584. The molecule has 3 aromatic rings. The molecule has 0 heterocycles. The van der Waals surface area contributed by atoms with Crippen molar-refractivity contribution in [2.75, 3.05) is 18.6 Å². The van der Waals surface area contributed by atoms with E-state index in [0.29, 0.717) is 5.56 Å². The highest BCUT2D eigenvalue weighted by Crippen LogP contribution is 2.12. The van der Waals surface area contributed by atoms with E-state index < -0.39 is 65.2 Å². The van der Waals surface area contributed by atoms with Gasteiger partial charge < -0.3 is 31.1 Å². The van der Waals surface area contributed by atoms with E-state index in [4.69, 9.17) is 10.6 Å². The van der Waals surface area contributed by atoms with Gasteiger partial charge in [0, 0.05) is 35.6 Å². The molecule has 0 bridgehead atoms. The summed E-state index contributed by atoms with van der Waals surface area (Å²) in [4.78, 5) is 64.5. The molecular weight excluding hydrogens is 640 g/mol. The van der Waals surface area contributed by atoms with Gasteiger partial charge in [-0.05, 0) is 35.2 Å². The maximum Gasteiger partial charge on any atom is 0.408 e. The first-order valence-electron chi connectivity index (χ1n) is 15.0. The van der Waals surface area contributed by atoms with Gasteiger partial charge in [-0.3, -0.25) is 28.8 Å². The van der Waals surface area contributed by atoms with Crippen LogP contribution in [0.2, 0.25) is 0 Å². The molecule has 15 heteroatoms. The minimum atomic E-state index is -1.32. The van der Waals surface area contributed by atoms with Gasteiger partial charge in [-0.15, -0.1) is 0 Å². The molecule has 8 N–H and O–H groups in total. The molecule has 0 aliphatic carbocycles. The molecule has 3 rings (SSSR count). The van der Waals surface area contributed by atoms with Crippen molar-refractivity contribution in [3.63, 3.8) is 0 Å². The Morgan fingerprint density at radius 3 is 1.88 bits per heavy atom. The fourth-order valence-corrected chi connectivity index (χ4v) is 5.07. The Labute approximate surface area is 280 Å². The summed E-state index contributed by atoms with van der Waals surface area (Å²) in [5, 5.41) is 19.8. The number of ether oxygens (including phenoxy) is 1. The molecule has 5 amide bonds. The van der Waals surface area contributed by atoms with Crippen LogP contribution < -0.4 is 32.5 Å². The molecular formula is C33H40N6O8S. The highest BCUT2D eigenvalue weighted by molar-refractivity contribution is 7.84. The Bertz CT molecular complexity index is 1540. The Balaban J connectivity index is 1.67. The SMILES string of the molecule is CS(=O)CC[C@@H](NC(=O)[C@H](Cc1ccc(O)cc1)NC(=O)OCc1ccccc1)C(=O)NCC(=O)N[C@@H](Cc1ccccc1)C(=O)NN. The van der Waals surface area contributed by atoms with Crippen molar-refractivity contribution in [3.05, 3.63) is 102 Å². The molecule has 0 fully saturated rings. The lowest BCUT2D eigenvalue weighted by Gasteiger charge is -2.23. The number of nitrogens with one attached hydrogen (secondary N) is 5. The van der Waals surface area contributed by atoms with Crippen molar-refractivity contribution in [2.24, 2.45) is 5.84 Å². The van der Waals surface area contributed by atoms with Crippen LogP contribution in [0.5, 0.6) is 5.75 Å². The van der Waals surface area contributed by atoms with Gasteiger partial charge in [-0.2, -0.15) is 0 Å². The summed E-state index contributed by atoms with van der Waals surface area (Å²) >= 11 is 0. The first-order chi connectivity index (χ1) is 23.0. The molecule has 4 atom stereocenters. The van der Waals surface area contributed by atoms with E-state index in [1.54, 1.807) is 60.7 Å². The number of carbonyl (C=O) groups is 5. The van der Waals surface area contributed by atoms with Crippen molar-refractivity contribution in [2.45, 2.75) is 44.0 Å². The summed E-state index contributed by atoms with van der Waals surface area (Å²) in [7, 11) is -1.32. The normalized spacial score (nSPS) is 13.1. The number of carbonyl (C=O) groups excluding carboxylic acids is 5. The Kier molecular flexibility index (Phi) is 15.0. The van der Waals surface area contributed by atoms with Crippen LogP contribution in [0.1, 0.15) is 23.1 Å². The average molecular weight is 681 g/mol. The lowest BCUT2D eigenvalue weighted by Crippen LogP contribution is -2.56. The van der Waals surface area contributed by atoms with Crippen LogP contribution >= 0.6 is 0 Å². The van der Waals surface area contributed by atoms with Crippen LogP contribution in [0.3, 0.4) is 0 Å². The van der Waals surface area contributed by atoms with E-state index in [1.807, 2.05) is 17.6 Å². The first kappa shape index (κ1) is 37.2. The molecule has 48 heavy (non-hydrogen) atoms. The largest absolute Gasteiger partial charge is 0.508 e. The van der Waals surface area contributed by atoms with Gasteiger partial charge in [0.25, 0.3) is 5.91 Å². The van der Waals surface area contributed by atoms with E-state index in [-0.39, 0.29) is 37.4 Å². The second-order valence-electron chi connectivity index (χ2n) is 10.8. The number of nitrogens with two attached hydrogens (primary N) is 1. The van der Waals surface area contributed by atoms with Crippen LogP contribution in [0, 0.1) is 0 Å². The number of phenolic OH excluding ortho intramolecular Hbond substituents is 1. The van der Waals surface area contributed by atoms with Crippen molar-refractivity contribution in [1.29, 1.82) is 0 Å².